The SMILES string of the molecule is N#Cc1ncccc1NCC1(N)CCC1. The van der Waals surface area contributed by atoms with Gasteiger partial charge in [-0.2, -0.15) is 5.26 Å². The van der Waals surface area contributed by atoms with Gasteiger partial charge in [-0.1, -0.05) is 0 Å². The van der Waals surface area contributed by atoms with Crippen LogP contribution >= 0.6 is 0 Å². The highest BCUT2D eigenvalue weighted by atomic mass is 15.0. The number of nitrogens with two attached hydrogens (primary N) is 1. The van der Waals surface area contributed by atoms with Crippen LogP contribution in [0.4, 0.5) is 5.69 Å². The van der Waals surface area contributed by atoms with Crippen LogP contribution in [0.25, 0.3) is 0 Å². The summed E-state index contributed by atoms with van der Waals surface area (Å²) < 4.78 is 0. The molecule has 0 amide bonds. The summed E-state index contributed by atoms with van der Waals surface area (Å²) in [6.07, 6.45) is 4.94. The van der Waals surface area contributed by atoms with E-state index < -0.39 is 0 Å². The molecule has 1 saturated carbocycles. The van der Waals surface area contributed by atoms with Gasteiger partial charge in [0.25, 0.3) is 0 Å². The van der Waals surface area contributed by atoms with Gasteiger partial charge in [0, 0.05) is 18.3 Å². The van der Waals surface area contributed by atoms with Gasteiger partial charge in [0.05, 0.1) is 5.69 Å². The summed E-state index contributed by atoms with van der Waals surface area (Å²) in [7, 11) is 0. The molecule has 1 heterocycles. The second kappa shape index (κ2) is 3.87. The third-order valence-electron chi connectivity index (χ3n) is 2.89. The molecule has 2 rings (SSSR count). The van der Waals surface area contributed by atoms with Crippen LogP contribution in [0.5, 0.6) is 0 Å². The first-order valence-corrected chi connectivity index (χ1v) is 5.11. The fourth-order valence-electron chi connectivity index (χ4n) is 1.72. The molecule has 4 heteroatoms. The van der Waals surface area contributed by atoms with Crippen LogP contribution in [-0.2, 0) is 0 Å². The Morgan fingerprint density at radius 1 is 1.60 bits per heavy atom. The molecule has 1 aromatic rings. The molecular formula is C11H14N4. The monoisotopic (exact) mass is 202 g/mol. The van der Waals surface area contributed by atoms with Crippen LogP contribution in [0.3, 0.4) is 0 Å². The van der Waals surface area contributed by atoms with Crippen molar-refractivity contribution in [2.75, 3.05) is 11.9 Å². The van der Waals surface area contributed by atoms with Gasteiger partial charge in [0.2, 0.25) is 0 Å². The van der Waals surface area contributed by atoms with Gasteiger partial charge >= 0.3 is 0 Å². The minimum atomic E-state index is -0.0808. The van der Waals surface area contributed by atoms with Crippen molar-refractivity contribution < 1.29 is 0 Å². The Bertz CT molecular complexity index is 390. The summed E-state index contributed by atoms with van der Waals surface area (Å²) in [5, 5.41) is 12.0. The van der Waals surface area contributed by atoms with Gasteiger partial charge in [0.15, 0.2) is 5.69 Å². The predicted octanol–water partition coefficient (Wildman–Crippen LogP) is 1.25. The van der Waals surface area contributed by atoms with Crippen LogP contribution in [0.1, 0.15) is 25.0 Å². The Morgan fingerprint density at radius 2 is 2.40 bits per heavy atom. The molecule has 78 valence electrons. The number of hydrogen-bond donors (Lipinski definition) is 2. The predicted molar refractivity (Wildman–Crippen MR) is 58.2 cm³/mol. The Hall–Kier alpha value is -1.60. The van der Waals surface area contributed by atoms with Crippen molar-refractivity contribution in [3.8, 4) is 6.07 Å². The Morgan fingerprint density at radius 3 is 3.00 bits per heavy atom. The molecule has 15 heavy (non-hydrogen) atoms. The molecular weight excluding hydrogens is 188 g/mol. The van der Waals surface area contributed by atoms with Gasteiger partial charge in [-0.3, -0.25) is 0 Å². The highest BCUT2D eigenvalue weighted by Crippen LogP contribution is 2.29. The summed E-state index contributed by atoms with van der Waals surface area (Å²) in [5.74, 6) is 0. The fraction of sp³-hybridized carbons (Fsp3) is 0.455. The van der Waals surface area contributed by atoms with Crippen molar-refractivity contribution in [3.63, 3.8) is 0 Å². The zero-order valence-electron chi connectivity index (χ0n) is 8.53. The molecule has 0 bridgehead atoms. The first kappa shape index (κ1) is 9.94. The van der Waals surface area contributed by atoms with Gasteiger partial charge in [-0.05, 0) is 31.4 Å². The number of hydrogen-bond acceptors (Lipinski definition) is 4. The van der Waals surface area contributed by atoms with Gasteiger partial charge in [0.1, 0.15) is 6.07 Å². The lowest BCUT2D eigenvalue weighted by molar-refractivity contribution is 0.265. The third-order valence-corrected chi connectivity index (χ3v) is 2.89. The van der Waals surface area contributed by atoms with Crippen molar-refractivity contribution in [1.29, 1.82) is 5.26 Å². The van der Waals surface area contributed by atoms with E-state index in [1.807, 2.05) is 12.1 Å². The van der Waals surface area contributed by atoms with Crippen molar-refractivity contribution in [3.05, 3.63) is 24.0 Å². The largest absolute Gasteiger partial charge is 0.381 e. The molecule has 1 aliphatic carbocycles. The molecule has 1 fully saturated rings. The van der Waals surface area contributed by atoms with Gasteiger partial charge in [-0.15, -0.1) is 0 Å². The first-order valence-electron chi connectivity index (χ1n) is 5.11. The van der Waals surface area contributed by atoms with Gasteiger partial charge in [-0.25, -0.2) is 4.98 Å². The second-order valence-electron chi connectivity index (χ2n) is 4.08. The number of rotatable bonds is 3. The average molecular weight is 202 g/mol. The molecule has 4 nitrogen and oxygen atoms in total. The number of nitrogens with one attached hydrogen (secondary N) is 1. The zero-order valence-corrected chi connectivity index (χ0v) is 8.53. The average Bonchev–Trinajstić information content (AvgIpc) is 2.24. The molecule has 0 radical (unpaired) electrons. The van der Waals surface area contributed by atoms with E-state index >= 15 is 0 Å². The topological polar surface area (TPSA) is 74.7 Å². The smallest absolute Gasteiger partial charge is 0.163 e. The summed E-state index contributed by atoms with van der Waals surface area (Å²) in [5.41, 5.74) is 7.20. The molecule has 1 aromatic heterocycles. The molecule has 0 saturated heterocycles. The van der Waals surface area contributed by atoms with Crippen LogP contribution in [0, 0.1) is 11.3 Å². The molecule has 0 atom stereocenters. The quantitative estimate of drug-likeness (QED) is 0.773. The highest BCUT2D eigenvalue weighted by Gasteiger charge is 2.32. The minimum Gasteiger partial charge on any atom is -0.381 e. The Kier molecular flexibility index (Phi) is 2.57. The van der Waals surface area contributed by atoms with E-state index in [2.05, 4.69) is 16.4 Å². The lowest BCUT2D eigenvalue weighted by Gasteiger charge is -2.38. The van der Waals surface area contributed by atoms with E-state index in [1.165, 1.54) is 6.42 Å². The number of aromatic nitrogens is 1. The van der Waals surface area contributed by atoms with Crippen molar-refractivity contribution in [1.82, 2.24) is 4.98 Å². The molecule has 3 N–H and O–H groups in total. The van der Waals surface area contributed by atoms with Crippen molar-refractivity contribution in [2.24, 2.45) is 5.73 Å². The standard InChI is InChI=1S/C11H14N4/c12-7-10-9(3-1-6-14-10)15-8-11(13)4-2-5-11/h1,3,6,15H,2,4-5,8,13H2. The van der Waals surface area contributed by atoms with E-state index in [0.717, 1.165) is 18.5 Å². The number of nitriles is 1. The van der Waals surface area contributed by atoms with Crippen LogP contribution < -0.4 is 11.1 Å². The third kappa shape index (κ3) is 2.08. The van der Waals surface area contributed by atoms with E-state index in [4.69, 9.17) is 11.0 Å². The van der Waals surface area contributed by atoms with Crippen LogP contribution in [0.2, 0.25) is 0 Å². The van der Waals surface area contributed by atoms with E-state index in [9.17, 15) is 0 Å². The maximum Gasteiger partial charge on any atom is 0.163 e. The highest BCUT2D eigenvalue weighted by molar-refractivity contribution is 5.53. The van der Waals surface area contributed by atoms with Crippen molar-refractivity contribution in [2.45, 2.75) is 24.8 Å². The maximum atomic E-state index is 8.84. The fourth-order valence-corrected chi connectivity index (χ4v) is 1.72. The zero-order chi connectivity index (χ0) is 10.7. The summed E-state index contributed by atoms with van der Waals surface area (Å²) in [6.45, 7) is 0.716. The molecule has 0 unspecified atom stereocenters. The lowest BCUT2D eigenvalue weighted by Crippen LogP contribution is -2.52. The van der Waals surface area contributed by atoms with Crippen LogP contribution in [0.15, 0.2) is 18.3 Å². The number of nitrogens with zero attached hydrogens (tertiary/aromatic N) is 2. The summed E-state index contributed by atoms with van der Waals surface area (Å²) in [6, 6.07) is 5.72. The maximum absolute atomic E-state index is 8.84. The molecule has 1 aliphatic rings. The Balaban J connectivity index is 2.02. The molecule has 0 spiro atoms. The minimum absolute atomic E-state index is 0.0808. The number of pyridine rings is 1. The van der Waals surface area contributed by atoms with Gasteiger partial charge < -0.3 is 11.1 Å². The van der Waals surface area contributed by atoms with Crippen LogP contribution in [-0.4, -0.2) is 17.1 Å². The summed E-state index contributed by atoms with van der Waals surface area (Å²) in [4.78, 5) is 3.98. The van der Waals surface area contributed by atoms with E-state index in [-0.39, 0.29) is 5.54 Å². The second-order valence-corrected chi connectivity index (χ2v) is 4.08. The van der Waals surface area contributed by atoms with E-state index in [1.54, 1.807) is 6.20 Å². The first-order chi connectivity index (χ1) is 7.23. The molecule has 0 aliphatic heterocycles. The summed E-state index contributed by atoms with van der Waals surface area (Å²) >= 11 is 0. The molecule has 0 aromatic carbocycles. The lowest BCUT2D eigenvalue weighted by atomic mass is 9.78. The number of anilines is 1. The normalized spacial score (nSPS) is 17.6. The van der Waals surface area contributed by atoms with E-state index in [0.29, 0.717) is 12.2 Å². The van der Waals surface area contributed by atoms with Crippen molar-refractivity contribution >= 4 is 5.69 Å². The Labute approximate surface area is 89.1 Å².